The Kier molecular flexibility index (Phi) is 4.71. The third-order valence-corrected chi connectivity index (χ3v) is 4.64. The Morgan fingerprint density at radius 1 is 1.48 bits per heavy atom. The first kappa shape index (κ1) is 16.1. The van der Waals surface area contributed by atoms with Crippen molar-refractivity contribution < 1.29 is 9.53 Å². The van der Waals surface area contributed by atoms with E-state index in [4.69, 9.17) is 9.72 Å². The molecule has 1 fully saturated rings. The Morgan fingerprint density at radius 2 is 2.30 bits per heavy atom. The Morgan fingerprint density at radius 3 is 3.04 bits per heavy atom. The molecule has 0 radical (unpaired) electrons. The van der Waals surface area contributed by atoms with Crippen LogP contribution in [0.3, 0.4) is 0 Å². The molecule has 3 heterocycles. The number of aromatic nitrogens is 1. The van der Waals surface area contributed by atoms with Gasteiger partial charge in [-0.05, 0) is 38.3 Å². The van der Waals surface area contributed by atoms with Crippen molar-refractivity contribution in [2.75, 3.05) is 24.5 Å². The molecule has 0 aliphatic carbocycles. The third kappa shape index (κ3) is 3.13. The molecule has 2 unspecified atom stereocenters. The first-order valence-electron chi connectivity index (χ1n) is 8.57. The number of ether oxygens (including phenoxy) is 1. The Labute approximate surface area is 137 Å². The number of rotatable bonds is 4. The lowest BCUT2D eigenvalue weighted by Gasteiger charge is -2.37. The summed E-state index contributed by atoms with van der Waals surface area (Å²) in [4.78, 5) is 19.0. The summed E-state index contributed by atoms with van der Waals surface area (Å²) in [5, 5.41) is 6.16. The number of hydrogen-bond donors (Lipinski definition) is 2. The van der Waals surface area contributed by atoms with E-state index in [2.05, 4.69) is 28.5 Å². The highest BCUT2D eigenvalue weighted by molar-refractivity contribution is 5.67. The second-order valence-corrected chi connectivity index (χ2v) is 6.32. The maximum absolute atomic E-state index is 11.7. The first-order valence-corrected chi connectivity index (χ1v) is 8.57. The Balaban J connectivity index is 1.83. The zero-order chi connectivity index (χ0) is 16.4. The maximum atomic E-state index is 11.7. The van der Waals surface area contributed by atoms with E-state index in [9.17, 15) is 4.79 Å². The SMILES string of the molecule is CCNC(=O)O[C@H](CC)c1ccc2c(n1)N1C(C)CNCC1C2. The summed E-state index contributed by atoms with van der Waals surface area (Å²) in [6.07, 6.45) is 1.07. The number of carbonyl (C=O) groups excluding carboxylic acids is 1. The molecule has 126 valence electrons. The van der Waals surface area contributed by atoms with Crippen LogP contribution in [0, 0.1) is 0 Å². The van der Waals surface area contributed by atoms with Crippen LogP contribution in [0.4, 0.5) is 10.6 Å². The number of hydrogen-bond acceptors (Lipinski definition) is 5. The molecule has 2 aliphatic heterocycles. The molecule has 1 aromatic rings. The molecule has 0 spiro atoms. The summed E-state index contributed by atoms with van der Waals surface area (Å²) in [5.74, 6) is 1.07. The van der Waals surface area contributed by atoms with Crippen molar-refractivity contribution >= 4 is 11.9 Å². The molecule has 1 saturated heterocycles. The van der Waals surface area contributed by atoms with Crippen molar-refractivity contribution in [3.63, 3.8) is 0 Å². The molecule has 1 aromatic heterocycles. The van der Waals surface area contributed by atoms with E-state index in [-0.39, 0.29) is 12.2 Å². The molecule has 6 heteroatoms. The van der Waals surface area contributed by atoms with Crippen LogP contribution in [0.5, 0.6) is 0 Å². The number of alkyl carbamates (subject to hydrolysis) is 1. The molecule has 3 rings (SSSR count). The number of amides is 1. The molecule has 3 atom stereocenters. The number of anilines is 1. The molecule has 1 amide bonds. The van der Waals surface area contributed by atoms with E-state index in [1.807, 2.05) is 19.9 Å². The molecule has 2 aliphatic rings. The lowest BCUT2D eigenvalue weighted by atomic mass is 10.1. The standard InChI is InChI=1S/C17H26N4O2/c1-4-15(23-17(22)19-5-2)14-7-6-12-8-13-10-18-9-11(3)21(13)16(12)20-14/h6-7,11,13,15,18H,4-5,8-10H2,1-3H3,(H,19,22)/t11?,13?,15-/m1/s1. The van der Waals surface area contributed by atoms with Gasteiger partial charge in [0.1, 0.15) is 11.9 Å². The van der Waals surface area contributed by atoms with E-state index in [0.717, 1.165) is 31.0 Å². The highest BCUT2D eigenvalue weighted by atomic mass is 16.6. The summed E-state index contributed by atoms with van der Waals surface area (Å²) in [6.45, 7) is 8.66. The fourth-order valence-corrected chi connectivity index (χ4v) is 3.54. The van der Waals surface area contributed by atoms with Crippen LogP contribution in [0.25, 0.3) is 0 Å². The number of piperazine rings is 1. The average Bonchev–Trinajstić information content (AvgIpc) is 2.91. The predicted molar refractivity (Wildman–Crippen MR) is 89.7 cm³/mol. The highest BCUT2D eigenvalue weighted by Crippen LogP contribution is 2.35. The van der Waals surface area contributed by atoms with Gasteiger partial charge in [-0.15, -0.1) is 0 Å². The number of nitrogens with one attached hydrogen (secondary N) is 2. The fourth-order valence-electron chi connectivity index (χ4n) is 3.54. The molecular formula is C17H26N4O2. The smallest absolute Gasteiger partial charge is 0.407 e. The lowest BCUT2D eigenvalue weighted by molar-refractivity contribution is 0.0934. The van der Waals surface area contributed by atoms with Crippen molar-refractivity contribution in [3.05, 3.63) is 23.4 Å². The van der Waals surface area contributed by atoms with Crippen LogP contribution < -0.4 is 15.5 Å². The summed E-state index contributed by atoms with van der Waals surface area (Å²) in [5.41, 5.74) is 2.13. The van der Waals surface area contributed by atoms with E-state index in [0.29, 0.717) is 25.0 Å². The topological polar surface area (TPSA) is 66.5 Å². The van der Waals surface area contributed by atoms with E-state index in [1.54, 1.807) is 0 Å². The zero-order valence-corrected chi connectivity index (χ0v) is 14.1. The van der Waals surface area contributed by atoms with E-state index < -0.39 is 0 Å². The largest absolute Gasteiger partial charge is 0.440 e. The van der Waals surface area contributed by atoms with Crippen molar-refractivity contribution in [2.45, 2.75) is 51.8 Å². The first-order chi connectivity index (χ1) is 11.1. The van der Waals surface area contributed by atoms with Crippen LogP contribution in [0.15, 0.2) is 12.1 Å². The molecule has 0 saturated carbocycles. The van der Waals surface area contributed by atoms with Crippen LogP contribution in [-0.4, -0.2) is 42.8 Å². The van der Waals surface area contributed by atoms with Gasteiger partial charge in [0, 0.05) is 31.7 Å². The summed E-state index contributed by atoms with van der Waals surface area (Å²) >= 11 is 0. The predicted octanol–water partition coefficient (Wildman–Crippen LogP) is 2.00. The Hall–Kier alpha value is -1.82. The van der Waals surface area contributed by atoms with Gasteiger partial charge in [-0.1, -0.05) is 13.0 Å². The van der Waals surface area contributed by atoms with Crippen LogP contribution >= 0.6 is 0 Å². The van der Waals surface area contributed by atoms with Gasteiger partial charge < -0.3 is 20.3 Å². The number of pyridine rings is 1. The van der Waals surface area contributed by atoms with E-state index >= 15 is 0 Å². The normalized spacial score (nSPS) is 23.9. The van der Waals surface area contributed by atoms with Crippen molar-refractivity contribution in [1.29, 1.82) is 0 Å². The van der Waals surface area contributed by atoms with Gasteiger partial charge in [-0.3, -0.25) is 0 Å². The monoisotopic (exact) mass is 318 g/mol. The lowest BCUT2D eigenvalue weighted by Crippen LogP contribution is -2.55. The molecule has 0 aromatic carbocycles. The molecular weight excluding hydrogens is 292 g/mol. The number of carbonyl (C=O) groups is 1. The maximum Gasteiger partial charge on any atom is 0.407 e. The van der Waals surface area contributed by atoms with Gasteiger partial charge in [0.05, 0.1) is 5.69 Å². The van der Waals surface area contributed by atoms with Crippen molar-refractivity contribution in [3.8, 4) is 0 Å². The zero-order valence-electron chi connectivity index (χ0n) is 14.1. The number of fused-ring (bicyclic) bond motifs is 3. The molecule has 6 nitrogen and oxygen atoms in total. The van der Waals surface area contributed by atoms with Crippen molar-refractivity contribution in [2.24, 2.45) is 0 Å². The molecule has 2 N–H and O–H groups in total. The molecule has 0 bridgehead atoms. The van der Waals surface area contributed by atoms with Gasteiger partial charge in [0.25, 0.3) is 0 Å². The third-order valence-electron chi connectivity index (χ3n) is 4.64. The minimum absolute atomic E-state index is 0.302. The Bertz CT molecular complexity index is 578. The van der Waals surface area contributed by atoms with Gasteiger partial charge >= 0.3 is 6.09 Å². The average molecular weight is 318 g/mol. The summed E-state index contributed by atoms with van der Waals surface area (Å²) in [7, 11) is 0. The summed E-state index contributed by atoms with van der Waals surface area (Å²) in [6, 6.07) is 5.07. The minimum Gasteiger partial charge on any atom is -0.440 e. The summed E-state index contributed by atoms with van der Waals surface area (Å²) < 4.78 is 5.51. The van der Waals surface area contributed by atoms with Gasteiger partial charge in [0.2, 0.25) is 0 Å². The van der Waals surface area contributed by atoms with Crippen LogP contribution in [-0.2, 0) is 11.2 Å². The van der Waals surface area contributed by atoms with Gasteiger partial charge in [0.15, 0.2) is 0 Å². The molecule has 23 heavy (non-hydrogen) atoms. The quantitative estimate of drug-likeness (QED) is 0.889. The minimum atomic E-state index is -0.380. The van der Waals surface area contributed by atoms with Crippen LogP contribution in [0.1, 0.15) is 44.6 Å². The van der Waals surface area contributed by atoms with Gasteiger partial charge in [-0.2, -0.15) is 0 Å². The van der Waals surface area contributed by atoms with Crippen molar-refractivity contribution in [1.82, 2.24) is 15.6 Å². The number of nitrogens with zero attached hydrogens (tertiary/aromatic N) is 2. The van der Waals surface area contributed by atoms with Crippen LogP contribution in [0.2, 0.25) is 0 Å². The van der Waals surface area contributed by atoms with Gasteiger partial charge in [-0.25, -0.2) is 9.78 Å². The fraction of sp³-hybridized carbons (Fsp3) is 0.647. The second kappa shape index (κ2) is 6.74. The highest BCUT2D eigenvalue weighted by Gasteiger charge is 2.36. The second-order valence-electron chi connectivity index (χ2n) is 6.32. The van der Waals surface area contributed by atoms with E-state index in [1.165, 1.54) is 5.56 Å².